The number of pyridine rings is 1. The summed E-state index contributed by atoms with van der Waals surface area (Å²) in [4.78, 5) is 47.9. The molecule has 2 bridgehead atoms. The first-order chi connectivity index (χ1) is 19.0. The van der Waals surface area contributed by atoms with Crippen molar-refractivity contribution < 1.29 is 28.6 Å². The summed E-state index contributed by atoms with van der Waals surface area (Å²) in [6.45, 7) is 3.57. The van der Waals surface area contributed by atoms with E-state index in [-0.39, 0.29) is 35.3 Å². The van der Waals surface area contributed by atoms with Crippen LogP contribution >= 0.6 is 0 Å². The maximum absolute atomic E-state index is 13.5. The number of rotatable bonds is 3. The minimum atomic E-state index is -0.392. The first-order valence-electron chi connectivity index (χ1n) is 13.7. The van der Waals surface area contributed by atoms with Crippen LogP contribution in [0.25, 0.3) is 0 Å². The lowest BCUT2D eigenvalue weighted by Crippen LogP contribution is -2.43. The Hall–Kier alpha value is -3.66. The van der Waals surface area contributed by atoms with Crippen LogP contribution in [-0.4, -0.2) is 92.2 Å². The number of methoxy groups -OCH3 is 1. The van der Waals surface area contributed by atoms with Gasteiger partial charge < -0.3 is 29.3 Å². The molecule has 10 nitrogen and oxygen atoms in total. The zero-order valence-corrected chi connectivity index (χ0v) is 22.3. The van der Waals surface area contributed by atoms with E-state index in [1.807, 2.05) is 29.2 Å². The topological polar surface area (TPSA) is 110 Å². The minimum Gasteiger partial charge on any atom is -0.497 e. The third kappa shape index (κ3) is 6.33. The maximum atomic E-state index is 13.5. The van der Waals surface area contributed by atoms with Crippen LogP contribution in [0.1, 0.15) is 41.2 Å². The van der Waals surface area contributed by atoms with Crippen molar-refractivity contribution in [1.82, 2.24) is 20.1 Å². The van der Waals surface area contributed by atoms with Gasteiger partial charge in [0.1, 0.15) is 17.2 Å². The van der Waals surface area contributed by atoms with Gasteiger partial charge >= 0.3 is 0 Å². The largest absolute Gasteiger partial charge is 0.497 e. The van der Waals surface area contributed by atoms with E-state index < -0.39 is 5.92 Å². The van der Waals surface area contributed by atoms with Crippen LogP contribution in [0.3, 0.4) is 0 Å². The highest BCUT2D eigenvalue weighted by molar-refractivity contribution is 5.92. The first kappa shape index (κ1) is 26.9. The molecule has 3 aliphatic heterocycles. The van der Waals surface area contributed by atoms with Crippen LogP contribution in [0.2, 0.25) is 0 Å². The van der Waals surface area contributed by atoms with Gasteiger partial charge in [-0.15, -0.1) is 0 Å². The Morgan fingerprint density at radius 1 is 1.03 bits per heavy atom. The minimum absolute atomic E-state index is 0.0604. The van der Waals surface area contributed by atoms with Gasteiger partial charge in [0.05, 0.1) is 19.6 Å². The summed E-state index contributed by atoms with van der Waals surface area (Å²) in [6.07, 6.45) is 3.59. The van der Waals surface area contributed by atoms with Gasteiger partial charge in [-0.3, -0.25) is 19.4 Å². The number of carbonyl (C=O) groups excluding carboxylic acids is 3. The van der Waals surface area contributed by atoms with E-state index in [2.05, 4.69) is 10.3 Å². The van der Waals surface area contributed by atoms with Crippen molar-refractivity contribution in [1.29, 1.82) is 0 Å². The van der Waals surface area contributed by atoms with Crippen LogP contribution < -0.4 is 14.8 Å². The van der Waals surface area contributed by atoms with Crippen LogP contribution in [0.15, 0.2) is 42.6 Å². The van der Waals surface area contributed by atoms with E-state index >= 15 is 0 Å². The van der Waals surface area contributed by atoms with Crippen LogP contribution in [0.4, 0.5) is 0 Å². The van der Waals surface area contributed by atoms with E-state index in [0.717, 1.165) is 5.56 Å². The molecule has 0 saturated carbocycles. The number of fused-ring (bicyclic) bond motifs is 4. The summed E-state index contributed by atoms with van der Waals surface area (Å²) in [5.74, 6) is 0.433. The Kier molecular flexibility index (Phi) is 8.61. The summed E-state index contributed by atoms with van der Waals surface area (Å²) < 4.78 is 16.7. The maximum Gasteiger partial charge on any atom is 0.272 e. The third-order valence-corrected chi connectivity index (χ3v) is 7.82. The van der Waals surface area contributed by atoms with Crippen molar-refractivity contribution in [2.75, 3.05) is 59.7 Å². The van der Waals surface area contributed by atoms with E-state index in [4.69, 9.17) is 14.2 Å². The number of amides is 3. The average molecular weight is 537 g/mol. The Balaban J connectivity index is 1.34. The molecule has 1 N–H and O–H groups in total. The number of hydrogen-bond donors (Lipinski definition) is 1. The van der Waals surface area contributed by atoms with Crippen LogP contribution in [-0.2, 0) is 14.3 Å². The lowest BCUT2D eigenvalue weighted by molar-refractivity contribution is -0.137. The zero-order chi connectivity index (χ0) is 27.2. The molecule has 0 unspecified atom stereocenters. The van der Waals surface area contributed by atoms with E-state index in [0.29, 0.717) is 83.3 Å². The lowest BCUT2D eigenvalue weighted by atomic mass is 9.88. The normalized spacial score (nSPS) is 22.7. The molecule has 10 heteroatoms. The molecule has 0 radical (unpaired) electrons. The van der Waals surface area contributed by atoms with Crippen molar-refractivity contribution in [2.24, 2.45) is 11.8 Å². The fourth-order valence-electron chi connectivity index (χ4n) is 5.65. The van der Waals surface area contributed by atoms with Gasteiger partial charge in [-0.25, -0.2) is 0 Å². The second-order valence-electron chi connectivity index (χ2n) is 10.3. The van der Waals surface area contributed by atoms with Crippen molar-refractivity contribution in [2.45, 2.75) is 25.2 Å². The van der Waals surface area contributed by atoms with Crippen molar-refractivity contribution >= 4 is 17.7 Å². The Morgan fingerprint density at radius 2 is 1.85 bits per heavy atom. The number of nitrogens with zero attached hydrogens (tertiary/aromatic N) is 3. The standard InChI is InChI=1S/C29H36N4O6/c1-37-22-6-9-30-26(17-22)29(36)32-11-3-13-39-23-5-2-4-21(16-23)24-18-33(19-25(24)27(34)31-10-12-32)28(35)20-7-14-38-15-8-20/h2,4-6,9,16-17,20,24-25H,3,7-8,10-15,18-19H2,1H3,(H,31,34)/t24-,25+/m1/s1. The second-order valence-corrected chi connectivity index (χ2v) is 10.3. The van der Waals surface area contributed by atoms with Gasteiger partial charge in [-0.2, -0.15) is 0 Å². The number of hydrogen-bond acceptors (Lipinski definition) is 7. The molecule has 39 heavy (non-hydrogen) atoms. The predicted molar refractivity (Wildman–Crippen MR) is 143 cm³/mol. The monoisotopic (exact) mass is 536 g/mol. The molecular weight excluding hydrogens is 500 g/mol. The summed E-state index contributed by atoms with van der Waals surface area (Å²) in [5, 5.41) is 3.05. The van der Waals surface area contributed by atoms with E-state index in [9.17, 15) is 14.4 Å². The fraction of sp³-hybridized carbons (Fsp3) is 0.517. The van der Waals surface area contributed by atoms with Gasteiger partial charge in [-0.1, -0.05) is 12.1 Å². The molecule has 1 aromatic carbocycles. The number of aromatic nitrogens is 1. The molecular formula is C29H36N4O6. The molecule has 4 heterocycles. The predicted octanol–water partition coefficient (Wildman–Crippen LogP) is 2.10. The SMILES string of the molecule is COc1ccnc(C(=O)N2CCCOc3cccc(c3)[C@H]3CN(C(=O)C4CCOCC4)C[C@@H]3C(=O)NCC2)c1. The number of benzene rings is 1. The smallest absolute Gasteiger partial charge is 0.272 e. The van der Waals surface area contributed by atoms with Crippen molar-refractivity contribution in [3.05, 3.63) is 53.9 Å². The number of likely N-dealkylation sites (tertiary alicyclic amines) is 1. The summed E-state index contributed by atoms with van der Waals surface area (Å²) in [7, 11) is 1.54. The molecule has 5 rings (SSSR count). The molecule has 2 atom stereocenters. The average Bonchev–Trinajstić information content (AvgIpc) is 3.43. The van der Waals surface area contributed by atoms with E-state index in [1.165, 1.54) is 0 Å². The second kappa shape index (κ2) is 12.5. The Morgan fingerprint density at radius 3 is 2.67 bits per heavy atom. The van der Waals surface area contributed by atoms with E-state index in [1.54, 1.807) is 30.3 Å². The molecule has 2 aromatic rings. The van der Waals surface area contributed by atoms with Crippen LogP contribution in [0.5, 0.6) is 11.5 Å². The number of nitrogens with one attached hydrogen (secondary N) is 1. The molecule has 2 fully saturated rings. The van der Waals surface area contributed by atoms with Gasteiger partial charge in [0.25, 0.3) is 5.91 Å². The van der Waals surface area contributed by atoms with Crippen molar-refractivity contribution in [3.63, 3.8) is 0 Å². The first-order valence-corrected chi connectivity index (χ1v) is 13.7. The number of ether oxygens (including phenoxy) is 3. The fourth-order valence-corrected chi connectivity index (χ4v) is 5.65. The summed E-state index contributed by atoms with van der Waals surface area (Å²) in [6, 6.07) is 11.1. The van der Waals surface area contributed by atoms with Crippen LogP contribution in [0, 0.1) is 11.8 Å². The third-order valence-electron chi connectivity index (χ3n) is 7.82. The molecule has 208 valence electrons. The van der Waals surface area contributed by atoms with Gasteiger partial charge in [-0.05, 0) is 43.0 Å². The Bertz CT molecular complexity index is 1180. The van der Waals surface area contributed by atoms with Crippen molar-refractivity contribution in [3.8, 4) is 11.5 Å². The summed E-state index contributed by atoms with van der Waals surface area (Å²) >= 11 is 0. The summed E-state index contributed by atoms with van der Waals surface area (Å²) in [5.41, 5.74) is 1.28. The molecule has 1 aromatic heterocycles. The molecule has 3 aliphatic rings. The number of carbonyl (C=O) groups is 3. The highest BCUT2D eigenvalue weighted by atomic mass is 16.5. The highest BCUT2D eigenvalue weighted by Crippen LogP contribution is 2.36. The van der Waals surface area contributed by atoms with Gasteiger partial charge in [0.2, 0.25) is 11.8 Å². The molecule has 2 saturated heterocycles. The Labute approximate surface area is 228 Å². The van der Waals surface area contributed by atoms with Gasteiger partial charge in [0, 0.05) is 70.0 Å². The molecule has 3 amide bonds. The highest BCUT2D eigenvalue weighted by Gasteiger charge is 2.42. The lowest BCUT2D eigenvalue weighted by Gasteiger charge is -2.26. The zero-order valence-electron chi connectivity index (χ0n) is 22.3. The molecule has 0 aliphatic carbocycles. The quantitative estimate of drug-likeness (QED) is 0.640. The molecule has 0 spiro atoms. The van der Waals surface area contributed by atoms with Gasteiger partial charge in [0.15, 0.2) is 0 Å².